The van der Waals surface area contributed by atoms with Crippen LogP contribution >= 0.6 is 11.8 Å². The van der Waals surface area contributed by atoms with Crippen LogP contribution < -0.4 is 0 Å². The molecule has 0 amide bonds. The maximum atomic E-state index is 11.9. The third-order valence-electron chi connectivity index (χ3n) is 3.30. The second-order valence-electron chi connectivity index (χ2n) is 5.37. The van der Waals surface area contributed by atoms with Crippen LogP contribution in [-0.4, -0.2) is 23.9 Å². The van der Waals surface area contributed by atoms with E-state index in [1.807, 2.05) is 13.8 Å². The summed E-state index contributed by atoms with van der Waals surface area (Å²) in [7, 11) is 0. The molecule has 0 aromatic heterocycles. The monoisotopic (exact) mass is 258 g/mol. The first-order valence-electron chi connectivity index (χ1n) is 6.29. The molecule has 1 aliphatic carbocycles. The summed E-state index contributed by atoms with van der Waals surface area (Å²) in [5.41, 5.74) is -0.568. The van der Waals surface area contributed by atoms with Crippen LogP contribution in [0.1, 0.15) is 46.0 Å². The summed E-state index contributed by atoms with van der Waals surface area (Å²) in [5, 5.41) is 0.123. The summed E-state index contributed by atoms with van der Waals surface area (Å²) in [6.45, 7) is 4.22. The van der Waals surface area contributed by atoms with E-state index in [4.69, 9.17) is 0 Å². The second kappa shape index (κ2) is 7.04. The largest absolute Gasteiger partial charge is 0.467 e. The fourth-order valence-electron chi connectivity index (χ4n) is 2.11. The molecule has 0 aromatic rings. The third-order valence-corrected chi connectivity index (χ3v) is 4.55. The van der Waals surface area contributed by atoms with Gasteiger partial charge in [-0.25, -0.2) is 0 Å². The first kappa shape index (κ1) is 14.6. The molecule has 0 atom stereocenters. The van der Waals surface area contributed by atoms with E-state index in [2.05, 4.69) is 4.74 Å². The molecule has 0 unspecified atom stereocenters. The Morgan fingerprint density at radius 3 is 2.65 bits per heavy atom. The van der Waals surface area contributed by atoms with Crippen molar-refractivity contribution < 1.29 is 14.3 Å². The molecule has 0 saturated heterocycles. The first-order valence-corrected chi connectivity index (χ1v) is 7.27. The molecule has 4 heteroatoms. The average Bonchev–Trinajstić information content (AvgIpc) is 2.79. The molecule has 0 bridgehead atoms. The first-order chi connectivity index (χ1) is 8.06. The van der Waals surface area contributed by atoms with E-state index in [9.17, 15) is 9.59 Å². The number of hydrogen-bond acceptors (Lipinski definition) is 4. The van der Waals surface area contributed by atoms with E-state index < -0.39 is 5.41 Å². The van der Waals surface area contributed by atoms with Crippen molar-refractivity contribution in [3.05, 3.63) is 0 Å². The van der Waals surface area contributed by atoms with Gasteiger partial charge in [0.2, 0.25) is 0 Å². The Balaban J connectivity index is 2.20. The minimum atomic E-state index is -0.568. The maximum Gasteiger partial charge on any atom is 0.293 e. The SMILES string of the molecule is CC(C)(COC=O)C(=O)SCCC1CCCC1. The molecule has 17 heavy (non-hydrogen) atoms. The number of hydrogen-bond donors (Lipinski definition) is 0. The number of carbonyl (C=O) groups excluding carboxylic acids is 2. The van der Waals surface area contributed by atoms with Gasteiger partial charge in [0.15, 0.2) is 5.12 Å². The molecule has 1 rings (SSSR count). The van der Waals surface area contributed by atoms with Crippen LogP contribution in [0.2, 0.25) is 0 Å². The molecule has 0 heterocycles. The minimum absolute atomic E-state index is 0.123. The van der Waals surface area contributed by atoms with E-state index in [-0.39, 0.29) is 11.7 Å². The highest BCUT2D eigenvalue weighted by molar-refractivity contribution is 8.13. The van der Waals surface area contributed by atoms with E-state index in [0.29, 0.717) is 6.47 Å². The van der Waals surface area contributed by atoms with Crippen LogP contribution in [0, 0.1) is 11.3 Å². The predicted octanol–water partition coefficient (Wildman–Crippen LogP) is 3.03. The molecular formula is C13H22O3S. The number of rotatable bonds is 7. The topological polar surface area (TPSA) is 43.4 Å². The molecule has 0 N–H and O–H groups in total. The van der Waals surface area contributed by atoms with Gasteiger partial charge in [-0.2, -0.15) is 0 Å². The van der Waals surface area contributed by atoms with Crippen molar-refractivity contribution in [1.82, 2.24) is 0 Å². The van der Waals surface area contributed by atoms with Gasteiger partial charge in [-0.05, 0) is 26.2 Å². The number of carbonyl (C=O) groups is 2. The van der Waals surface area contributed by atoms with Crippen LogP contribution in [0.5, 0.6) is 0 Å². The van der Waals surface area contributed by atoms with E-state index >= 15 is 0 Å². The third kappa shape index (κ3) is 5.11. The van der Waals surface area contributed by atoms with Crippen molar-refractivity contribution in [2.75, 3.05) is 12.4 Å². The highest BCUT2D eigenvalue weighted by atomic mass is 32.2. The Bertz CT molecular complexity index is 257. The highest BCUT2D eigenvalue weighted by Gasteiger charge is 2.29. The van der Waals surface area contributed by atoms with Gasteiger partial charge in [0, 0.05) is 5.75 Å². The second-order valence-corrected chi connectivity index (χ2v) is 6.43. The fraction of sp³-hybridized carbons (Fsp3) is 0.846. The molecular weight excluding hydrogens is 236 g/mol. The summed E-state index contributed by atoms with van der Waals surface area (Å²) >= 11 is 1.39. The van der Waals surface area contributed by atoms with Crippen molar-refractivity contribution in [1.29, 1.82) is 0 Å². The molecule has 1 aliphatic rings. The predicted molar refractivity (Wildman–Crippen MR) is 69.8 cm³/mol. The van der Waals surface area contributed by atoms with Gasteiger partial charge < -0.3 is 4.74 Å². The Morgan fingerprint density at radius 1 is 1.41 bits per heavy atom. The molecule has 3 nitrogen and oxygen atoms in total. The van der Waals surface area contributed by atoms with Gasteiger partial charge in [-0.3, -0.25) is 9.59 Å². The molecule has 0 aromatic carbocycles. The maximum absolute atomic E-state index is 11.9. The van der Waals surface area contributed by atoms with Gasteiger partial charge in [0.25, 0.3) is 6.47 Å². The zero-order chi connectivity index (χ0) is 12.7. The Kier molecular flexibility index (Phi) is 6.03. The van der Waals surface area contributed by atoms with Crippen molar-refractivity contribution in [2.45, 2.75) is 46.0 Å². The molecule has 0 aliphatic heterocycles. The lowest BCUT2D eigenvalue weighted by atomic mass is 9.97. The average molecular weight is 258 g/mol. The Morgan fingerprint density at radius 2 is 2.06 bits per heavy atom. The lowest BCUT2D eigenvalue weighted by molar-refractivity contribution is -0.134. The van der Waals surface area contributed by atoms with Gasteiger partial charge >= 0.3 is 0 Å². The summed E-state index contributed by atoms with van der Waals surface area (Å²) in [4.78, 5) is 22.0. The van der Waals surface area contributed by atoms with Crippen molar-refractivity contribution >= 4 is 23.3 Å². The lowest BCUT2D eigenvalue weighted by Crippen LogP contribution is -2.27. The van der Waals surface area contributed by atoms with Gasteiger partial charge in [0.05, 0.1) is 5.41 Å². The molecule has 1 fully saturated rings. The lowest BCUT2D eigenvalue weighted by Gasteiger charge is -2.21. The standard InChI is InChI=1S/C13H22O3S/c1-13(2,9-16-10-14)12(15)17-8-7-11-5-3-4-6-11/h10-11H,3-9H2,1-2H3. The summed E-state index contributed by atoms with van der Waals surface area (Å²) < 4.78 is 4.68. The fourth-order valence-corrected chi connectivity index (χ4v) is 3.20. The summed E-state index contributed by atoms with van der Waals surface area (Å²) in [6, 6.07) is 0. The van der Waals surface area contributed by atoms with E-state index in [0.717, 1.165) is 18.1 Å². The van der Waals surface area contributed by atoms with E-state index in [1.54, 1.807) is 0 Å². The molecule has 1 saturated carbocycles. The normalized spacial score (nSPS) is 17.1. The van der Waals surface area contributed by atoms with Crippen LogP contribution in [0.25, 0.3) is 0 Å². The minimum Gasteiger partial charge on any atom is -0.467 e. The van der Waals surface area contributed by atoms with Gasteiger partial charge in [-0.15, -0.1) is 0 Å². The Labute approximate surface area is 108 Å². The van der Waals surface area contributed by atoms with Crippen molar-refractivity contribution in [3.63, 3.8) is 0 Å². The van der Waals surface area contributed by atoms with Crippen molar-refractivity contribution in [2.24, 2.45) is 11.3 Å². The van der Waals surface area contributed by atoms with Gasteiger partial charge in [-0.1, -0.05) is 37.4 Å². The zero-order valence-corrected chi connectivity index (χ0v) is 11.6. The molecule has 98 valence electrons. The Hall–Kier alpha value is -0.510. The van der Waals surface area contributed by atoms with E-state index in [1.165, 1.54) is 37.4 Å². The van der Waals surface area contributed by atoms with Crippen LogP contribution in [0.4, 0.5) is 0 Å². The van der Waals surface area contributed by atoms with Crippen LogP contribution in [-0.2, 0) is 14.3 Å². The van der Waals surface area contributed by atoms with Crippen LogP contribution in [0.15, 0.2) is 0 Å². The zero-order valence-electron chi connectivity index (χ0n) is 10.7. The summed E-state index contributed by atoms with van der Waals surface area (Å²) in [6.07, 6.45) is 6.49. The van der Waals surface area contributed by atoms with Crippen LogP contribution in [0.3, 0.4) is 0 Å². The summed E-state index contributed by atoms with van der Waals surface area (Å²) in [5.74, 6) is 1.72. The smallest absolute Gasteiger partial charge is 0.293 e. The quantitative estimate of drug-likeness (QED) is 0.658. The number of thioether (sulfide) groups is 1. The molecule has 0 radical (unpaired) electrons. The van der Waals surface area contributed by atoms with Crippen molar-refractivity contribution in [3.8, 4) is 0 Å². The molecule has 0 spiro atoms. The highest BCUT2D eigenvalue weighted by Crippen LogP contribution is 2.30. The van der Waals surface area contributed by atoms with Gasteiger partial charge in [0.1, 0.15) is 6.61 Å². The number of ether oxygens (including phenoxy) is 1.